The Kier molecular flexibility index (Phi) is 4.30. The van der Waals surface area contributed by atoms with Crippen molar-refractivity contribution in [3.05, 3.63) is 32.6 Å². The summed E-state index contributed by atoms with van der Waals surface area (Å²) in [5.41, 5.74) is -0.130. The molecule has 0 unspecified atom stereocenters. The van der Waals surface area contributed by atoms with Crippen LogP contribution in [0.5, 0.6) is 0 Å². The minimum Gasteiger partial charge on any atom is -0.382 e. The van der Waals surface area contributed by atoms with Crippen molar-refractivity contribution in [3.63, 3.8) is 0 Å². The highest BCUT2D eigenvalue weighted by atomic mass is 16.5. The summed E-state index contributed by atoms with van der Waals surface area (Å²) in [4.78, 5) is 24.7. The van der Waals surface area contributed by atoms with Gasteiger partial charge in [0.2, 0.25) is 0 Å². The Morgan fingerprint density at radius 1 is 1.47 bits per heavy atom. The van der Waals surface area contributed by atoms with E-state index >= 15 is 0 Å². The summed E-state index contributed by atoms with van der Waals surface area (Å²) in [6.45, 7) is 5.48. The van der Waals surface area contributed by atoms with Crippen LogP contribution in [0.1, 0.15) is 18.9 Å². The average molecular weight is 212 g/mol. The van der Waals surface area contributed by atoms with Gasteiger partial charge in [-0.3, -0.25) is 9.78 Å². The van der Waals surface area contributed by atoms with E-state index < -0.39 is 0 Å². The fraction of sp³-hybridized carbons (Fsp3) is 0.600. The molecule has 0 aliphatic carbocycles. The van der Waals surface area contributed by atoms with E-state index in [2.05, 4.69) is 4.98 Å². The zero-order valence-electron chi connectivity index (χ0n) is 9.08. The lowest BCUT2D eigenvalue weighted by atomic mass is 10.3. The number of hydrogen-bond acceptors (Lipinski definition) is 3. The van der Waals surface area contributed by atoms with E-state index in [1.165, 1.54) is 4.57 Å². The minimum atomic E-state index is -0.359. The molecule has 0 saturated heterocycles. The summed E-state index contributed by atoms with van der Waals surface area (Å²) in [6.07, 6.45) is 2.34. The van der Waals surface area contributed by atoms with Crippen molar-refractivity contribution in [3.8, 4) is 0 Å². The third-order valence-electron chi connectivity index (χ3n) is 2.08. The van der Waals surface area contributed by atoms with Gasteiger partial charge in [0.1, 0.15) is 0 Å². The Hall–Kier alpha value is -1.36. The molecular weight excluding hydrogens is 196 g/mol. The summed E-state index contributed by atoms with van der Waals surface area (Å²) in [5.74, 6) is 0. The highest BCUT2D eigenvalue weighted by molar-refractivity contribution is 5.00. The molecule has 0 amide bonds. The fourth-order valence-corrected chi connectivity index (χ4v) is 1.27. The molecule has 1 heterocycles. The molecular formula is C10H16N2O3. The lowest BCUT2D eigenvalue weighted by Crippen LogP contribution is -2.31. The summed E-state index contributed by atoms with van der Waals surface area (Å²) in [6, 6.07) is 0. The van der Waals surface area contributed by atoms with Gasteiger partial charge in [-0.1, -0.05) is 0 Å². The molecule has 0 spiro atoms. The highest BCUT2D eigenvalue weighted by Gasteiger charge is 1.99. The number of aryl methyl sites for hydroxylation is 2. The largest absolute Gasteiger partial charge is 0.382 e. The number of nitrogens with one attached hydrogen (secondary N) is 1. The molecule has 5 heteroatoms. The van der Waals surface area contributed by atoms with Gasteiger partial charge in [0.15, 0.2) is 0 Å². The van der Waals surface area contributed by atoms with Crippen LogP contribution >= 0.6 is 0 Å². The molecule has 0 aromatic carbocycles. The van der Waals surface area contributed by atoms with E-state index in [4.69, 9.17) is 4.74 Å². The lowest BCUT2D eigenvalue weighted by Gasteiger charge is -2.05. The van der Waals surface area contributed by atoms with Gasteiger partial charge in [-0.15, -0.1) is 0 Å². The third kappa shape index (κ3) is 3.36. The van der Waals surface area contributed by atoms with E-state index in [0.29, 0.717) is 25.3 Å². The number of H-pyrrole nitrogens is 1. The van der Waals surface area contributed by atoms with Crippen LogP contribution in [0.2, 0.25) is 0 Å². The van der Waals surface area contributed by atoms with Crippen molar-refractivity contribution in [2.24, 2.45) is 0 Å². The maximum absolute atomic E-state index is 11.3. The lowest BCUT2D eigenvalue weighted by molar-refractivity contribution is 0.141. The Balaban J connectivity index is 2.66. The van der Waals surface area contributed by atoms with Gasteiger partial charge < -0.3 is 9.30 Å². The zero-order valence-corrected chi connectivity index (χ0v) is 9.08. The second-order valence-electron chi connectivity index (χ2n) is 3.32. The van der Waals surface area contributed by atoms with Crippen molar-refractivity contribution >= 4 is 0 Å². The molecule has 0 saturated carbocycles. The summed E-state index contributed by atoms with van der Waals surface area (Å²) in [7, 11) is 0. The first kappa shape index (κ1) is 11.7. The Morgan fingerprint density at radius 2 is 2.20 bits per heavy atom. The SMILES string of the molecule is CCOCCCn1cc(C)c(=O)[nH]c1=O. The zero-order chi connectivity index (χ0) is 11.3. The first-order chi connectivity index (χ1) is 7.15. The molecule has 5 nitrogen and oxygen atoms in total. The smallest absolute Gasteiger partial charge is 0.328 e. The predicted octanol–water partition coefficient (Wildman–Crippen LogP) is 0.272. The Bertz CT molecular complexity index is 419. The Morgan fingerprint density at radius 3 is 2.87 bits per heavy atom. The minimum absolute atomic E-state index is 0.318. The van der Waals surface area contributed by atoms with Crippen LogP contribution in [0.3, 0.4) is 0 Å². The Labute approximate surface area is 87.7 Å². The molecule has 0 aliphatic heterocycles. The maximum Gasteiger partial charge on any atom is 0.328 e. The number of aromatic nitrogens is 2. The standard InChI is InChI=1S/C10H16N2O3/c1-3-15-6-4-5-12-7-8(2)9(13)11-10(12)14/h7H,3-6H2,1-2H3,(H,11,13,14). The van der Waals surface area contributed by atoms with Crippen LogP contribution in [0.25, 0.3) is 0 Å². The molecule has 0 fully saturated rings. The van der Waals surface area contributed by atoms with Gasteiger partial charge in [-0.05, 0) is 20.3 Å². The molecule has 0 bridgehead atoms. The molecule has 1 N–H and O–H groups in total. The van der Waals surface area contributed by atoms with Crippen molar-refractivity contribution < 1.29 is 4.74 Å². The monoisotopic (exact) mass is 212 g/mol. The van der Waals surface area contributed by atoms with E-state index in [1.54, 1.807) is 13.1 Å². The third-order valence-corrected chi connectivity index (χ3v) is 2.08. The quantitative estimate of drug-likeness (QED) is 0.713. The summed E-state index contributed by atoms with van der Waals surface area (Å²) in [5, 5.41) is 0. The van der Waals surface area contributed by atoms with Crippen LogP contribution < -0.4 is 11.2 Å². The molecule has 0 aliphatic rings. The van der Waals surface area contributed by atoms with Gasteiger partial charge in [0.25, 0.3) is 5.56 Å². The van der Waals surface area contributed by atoms with Crippen LogP contribution in [0.15, 0.2) is 15.8 Å². The highest BCUT2D eigenvalue weighted by Crippen LogP contribution is 1.89. The van der Waals surface area contributed by atoms with Crippen molar-refractivity contribution in [1.29, 1.82) is 0 Å². The molecule has 0 radical (unpaired) electrons. The van der Waals surface area contributed by atoms with Gasteiger partial charge in [0.05, 0.1) is 0 Å². The van der Waals surface area contributed by atoms with Crippen molar-refractivity contribution in [2.75, 3.05) is 13.2 Å². The van der Waals surface area contributed by atoms with Gasteiger partial charge >= 0.3 is 5.69 Å². The number of aromatic amines is 1. The predicted molar refractivity (Wildman–Crippen MR) is 57.2 cm³/mol. The second-order valence-corrected chi connectivity index (χ2v) is 3.32. The first-order valence-corrected chi connectivity index (χ1v) is 5.03. The molecule has 0 atom stereocenters. The van der Waals surface area contributed by atoms with E-state index in [-0.39, 0.29) is 11.2 Å². The van der Waals surface area contributed by atoms with Crippen LogP contribution in [-0.4, -0.2) is 22.8 Å². The molecule has 1 rings (SSSR count). The van der Waals surface area contributed by atoms with Crippen LogP contribution in [0, 0.1) is 6.92 Å². The average Bonchev–Trinajstić information content (AvgIpc) is 2.20. The number of ether oxygens (including phenoxy) is 1. The van der Waals surface area contributed by atoms with Gasteiger partial charge in [-0.25, -0.2) is 4.79 Å². The van der Waals surface area contributed by atoms with Gasteiger partial charge in [0, 0.05) is 31.5 Å². The normalized spacial score (nSPS) is 10.5. The summed E-state index contributed by atoms with van der Waals surface area (Å²) >= 11 is 0. The second kappa shape index (κ2) is 5.50. The molecule has 1 aromatic heterocycles. The maximum atomic E-state index is 11.3. The van der Waals surface area contributed by atoms with Crippen LogP contribution in [0.4, 0.5) is 0 Å². The summed E-state index contributed by atoms with van der Waals surface area (Å²) < 4.78 is 6.66. The first-order valence-electron chi connectivity index (χ1n) is 5.03. The number of hydrogen-bond donors (Lipinski definition) is 1. The molecule has 1 aromatic rings. The van der Waals surface area contributed by atoms with E-state index in [1.807, 2.05) is 6.92 Å². The molecule has 15 heavy (non-hydrogen) atoms. The van der Waals surface area contributed by atoms with Crippen molar-refractivity contribution in [1.82, 2.24) is 9.55 Å². The molecule has 84 valence electrons. The number of nitrogens with zero attached hydrogens (tertiary/aromatic N) is 1. The van der Waals surface area contributed by atoms with E-state index in [0.717, 1.165) is 6.42 Å². The number of rotatable bonds is 5. The van der Waals surface area contributed by atoms with Crippen LogP contribution in [-0.2, 0) is 11.3 Å². The fourth-order valence-electron chi connectivity index (χ4n) is 1.27. The van der Waals surface area contributed by atoms with Gasteiger partial charge in [-0.2, -0.15) is 0 Å². The van der Waals surface area contributed by atoms with E-state index in [9.17, 15) is 9.59 Å². The topological polar surface area (TPSA) is 64.1 Å². The van der Waals surface area contributed by atoms with Crippen molar-refractivity contribution in [2.45, 2.75) is 26.8 Å².